The fraction of sp³-hybridized carbons (Fsp3) is 0.121. The second kappa shape index (κ2) is 12.8. The Morgan fingerprint density at radius 1 is 1.00 bits per heavy atom. The molecule has 0 radical (unpaired) electrons. The van der Waals surface area contributed by atoms with Crippen LogP contribution in [0, 0.1) is 12.7 Å². The Balaban J connectivity index is 1.27. The van der Waals surface area contributed by atoms with Crippen molar-refractivity contribution in [2.45, 2.75) is 29.7 Å². The second-order valence-corrected chi connectivity index (χ2v) is 12.2. The van der Waals surface area contributed by atoms with E-state index in [0.29, 0.717) is 33.6 Å². The number of carbonyl (C=O) groups excluding carboxylic acids is 2. The third kappa shape index (κ3) is 6.24. The Morgan fingerprint density at radius 2 is 1.80 bits per heavy atom. The van der Waals surface area contributed by atoms with Gasteiger partial charge in [-0.3, -0.25) is 19.5 Å². The molecule has 1 atom stereocenters. The van der Waals surface area contributed by atoms with Crippen LogP contribution in [0.15, 0.2) is 107 Å². The fourth-order valence-corrected chi connectivity index (χ4v) is 6.62. The number of aryl methyl sites for hydroxylation is 1. The number of halogens is 1. The molecule has 0 spiro atoms. The smallest absolute Gasteiger partial charge is 0.301 e. The van der Waals surface area contributed by atoms with Crippen molar-refractivity contribution in [2.24, 2.45) is 0 Å². The van der Waals surface area contributed by atoms with E-state index in [2.05, 4.69) is 15.2 Å². The summed E-state index contributed by atoms with van der Waals surface area (Å²) in [6.45, 7) is 2.40. The summed E-state index contributed by atoms with van der Waals surface area (Å²) in [5.41, 5.74) is 3.87. The number of Topliss-reactive ketones (excluding diaryl/α,β-unsaturated/α-hetero) is 1. The summed E-state index contributed by atoms with van der Waals surface area (Å²) in [4.78, 5) is 32.3. The minimum atomic E-state index is -0.969. The highest BCUT2D eigenvalue weighted by atomic mass is 32.2. The molecule has 8 nitrogen and oxygen atoms in total. The highest BCUT2D eigenvalue weighted by Crippen LogP contribution is 2.44. The molecule has 220 valence electrons. The summed E-state index contributed by atoms with van der Waals surface area (Å²) in [6.07, 6.45) is 3.13. The number of ether oxygens (including phenoxy) is 1. The van der Waals surface area contributed by atoms with E-state index in [9.17, 15) is 19.1 Å². The van der Waals surface area contributed by atoms with Gasteiger partial charge in [-0.1, -0.05) is 71.1 Å². The van der Waals surface area contributed by atoms with Gasteiger partial charge in [0.2, 0.25) is 5.13 Å². The number of anilines is 1. The Kier molecular flexibility index (Phi) is 8.49. The van der Waals surface area contributed by atoms with E-state index in [1.54, 1.807) is 60.9 Å². The van der Waals surface area contributed by atoms with Crippen molar-refractivity contribution in [2.75, 3.05) is 4.90 Å². The Morgan fingerprint density at radius 3 is 2.52 bits per heavy atom. The highest BCUT2D eigenvalue weighted by molar-refractivity contribution is 8.00. The van der Waals surface area contributed by atoms with Crippen molar-refractivity contribution in [1.82, 2.24) is 15.2 Å². The van der Waals surface area contributed by atoms with Gasteiger partial charge in [-0.2, -0.15) is 0 Å². The molecule has 3 heterocycles. The number of benzene rings is 3. The van der Waals surface area contributed by atoms with Crippen molar-refractivity contribution in [1.29, 1.82) is 0 Å². The molecule has 1 unspecified atom stereocenters. The van der Waals surface area contributed by atoms with Gasteiger partial charge in [0.1, 0.15) is 23.9 Å². The van der Waals surface area contributed by atoms with Gasteiger partial charge in [-0.15, -0.1) is 10.2 Å². The van der Waals surface area contributed by atoms with Gasteiger partial charge in [-0.05, 0) is 66.1 Å². The minimum Gasteiger partial charge on any atom is -0.507 e. The fourth-order valence-electron chi connectivity index (χ4n) is 4.80. The molecule has 3 aromatic carbocycles. The predicted octanol–water partition coefficient (Wildman–Crippen LogP) is 6.88. The quantitative estimate of drug-likeness (QED) is 0.0622. The van der Waals surface area contributed by atoms with E-state index >= 15 is 0 Å². The summed E-state index contributed by atoms with van der Waals surface area (Å²) >= 11 is 2.53. The van der Waals surface area contributed by atoms with Gasteiger partial charge in [0.05, 0.1) is 11.6 Å². The molecule has 0 bridgehead atoms. The molecule has 1 N–H and O–H groups in total. The molecule has 1 amide bonds. The van der Waals surface area contributed by atoms with Crippen LogP contribution in [0.2, 0.25) is 0 Å². The molecular formula is C33H25FN4O4S2. The molecule has 6 rings (SSSR count). The average molecular weight is 625 g/mol. The van der Waals surface area contributed by atoms with Crippen LogP contribution in [0.1, 0.15) is 33.9 Å². The molecule has 2 aromatic heterocycles. The summed E-state index contributed by atoms with van der Waals surface area (Å²) in [5, 5.41) is 20.1. The number of aliphatic hydroxyl groups excluding tert-OH is 1. The van der Waals surface area contributed by atoms with Gasteiger partial charge in [-0.25, -0.2) is 4.39 Å². The molecule has 11 heteroatoms. The van der Waals surface area contributed by atoms with E-state index in [-0.39, 0.29) is 22.3 Å². The number of pyridine rings is 1. The Labute approximate surface area is 260 Å². The molecular weight excluding hydrogens is 600 g/mol. The van der Waals surface area contributed by atoms with Crippen LogP contribution in [0.4, 0.5) is 9.52 Å². The lowest BCUT2D eigenvalue weighted by Gasteiger charge is -2.22. The molecule has 1 aliphatic rings. The number of carbonyl (C=O) groups is 2. The molecule has 5 aromatic rings. The topological polar surface area (TPSA) is 106 Å². The number of hydrogen-bond donors (Lipinski definition) is 1. The molecule has 0 aliphatic carbocycles. The molecule has 1 aliphatic heterocycles. The number of hydrogen-bond acceptors (Lipinski definition) is 9. The van der Waals surface area contributed by atoms with Gasteiger partial charge in [0, 0.05) is 23.7 Å². The first-order chi connectivity index (χ1) is 21.4. The van der Waals surface area contributed by atoms with E-state index in [1.165, 1.54) is 28.8 Å². The lowest BCUT2D eigenvalue weighted by atomic mass is 9.96. The summed E-state index contributed by atoms with van der Waals surface area (Å²) < 4.78 is 19.7. The van der Waals surface area contributed by atoms with Crippen LogP contribution in [-0.4, -0.2) is 32.0 Å². The van der Waals surface area contributed by atoms with Crippen molar-refractivity contribution in [3.05, 3.63) is 137 Å². The van der Waals surface area contributed by atoms with Crippen molar-refractivity contribution < 1.29 is 23.8 Å². The first-order valence-electron chi connectivity index (χ1n) is 13.6. The largest absolute Gasteiger partial charge is 0.507 e. The van der Waals surface area contributed by atoms with Crippen LogP contribution < -0.4 is 9.64 Å². The molecule has 1 fully saturated rings. The van der Waals surface area contributed by atoms with Gasteiger partial charge >= 0.3 is 5.91 Å². The van der Waals surface area contributed by atoms with Gasteiger partial charge < -0.3 is 9.84 Å². The van der Waals surface area contributed by atoms with E-state index < -0.39 is 17.7 Å². The van der Waals surface area contributed by atoms with Crippen molar-refractivity contribution >= 4 is 45.7 Å². The number of aromatic nitrogens is 3. The van der Waals surface area contributed by atoms with Crippen molar-refractivity contribution in [3.8, 4) is 5.75 Å². The van der Waals surface area contributed by atoms with Gasteiger partial charge in [0.25, 0.3) is 5.78 Å². The lowest BCUT2D eigenvalue weighted by Crippen LogP contribution is -2.29. The summed E-state index contributed by atoms with van der Waals surface area (Å²) in [7, 11) is 0. The third-order valence-electron chi connectivity index (χ3n) is 6.94. The number of amides is 1. The number of aliphatic hydroxyl groups is 1. The van der Waals surface area contributed by atoms with Gasteiger partial charge in [0.15, 0.2) is 4.34 Å². The lowest BCUT2D eigenvalue weighted by molar-refractivity contribution is -0.132. The van der Waals surface area contributed by atoms with Crippen molar-refractivity contribution in [3.63, 3.8) is 0 Å². The van der Waals surface area contributed by atoms with Crippen LogP contribution in [0.3, 0.4) is 0 Å². The highest BCUT2D eigenvalue weighted by Gasteiger charge is 2.48. The average Bonchev–Trinajstić information content (AvgIpc) is 3.62. The van der Waals surface area contributed by atoms with Crippen LogP contribution in [-0.2, 0) is 21.9 Å². The first kappa shape index (κ1) is 29.2. The summed E-state index contributed by atoms with van der Waals surface area (Å²) in [5.74, 6) is -1.20. The minimum absolute atomic E-state index is 0.0767. The Bertz CT molecular complexity index is 1840. The zero-order chi connectivity index (χ0) is 30.6. The van der Waals surface area contributed by atoms with E-state index in [4.69, 9.17) is 4.74 Å². The molecule has 0 saturated carbocycles. The number of thioether (sulfide) groups is 1. The maximum atomic E-state index is 13.5. The maximum Gasteiger partial charge on any atom is 0.301 e. The number of rotatable bonds is 9. The maximum absolute atomic E-state index is 13.5. The molecule has 44 heavy (non-hydrogen) atoms. The first-order valence-corrected chi connectivity index (χ1v) is 15.4. The normalized spacial score (nSPS) is 16.0. The van der Waals surface area contributed by atoms with Crippen LogP contribution in [0.25, 0.3) is 5.76 Å². The third-order valence-corrected chi connectivity index (χ3v) is 9.06. The van der Waals surface area contributed by atoms with E-state index in [0.717, 1.165) is 28.0 Å². The molecule has 1 saturated heterocycles. The zero-order valence-corrected chi connectivity index (χ0v) is 25.0. The number of ketones is 1. The van der Waals surface area contributed by atoms with Crippen LogP contribution >= 0.6 is 23.1 Å². The van der Waals surface area contributed by atoms with E-state index in [1.807, 2.05) is 31.2 Å². The summed E-state index contributed by atoms with van der Waals surface area (Å²) in [6, 6.07) is 23.3. The second-order valence-electron chi connectivity index (χ2n) is 10.0. The standard InChI is InChI=1S/C33H25FN4O4S2/c1-20-4-2-5-22(16-20)18-42-26-13-9-23(10-14-26)29(39)27-28(24-6-3-15-35-17-24)38(31(41)30(27)40)32-36-37-33(44-32)43-19-21-7-11-25(34)12-8-21/h2-17,28,39H,18-19H2,1H3/b29-27+. The van der Waals surface area contributed by atoms with Crippen LogP contribution in [0.5, 0.6) is 5.75 Å². The number of nitrogens with zero attached hydrogens (tertiary/aromatic N) is 4. The monoisotopic (exact) mass is 624 g/mol. The SMILES string of the molecule is Cc1cccc(COc2ccc(/C(O)=C3\C(=O)C(=O)N(c4nnc(SCc5ccc(F)cc5)s4)C3c3cccnc3)cc2)c1. The predicted molar refractivity (Wildman–Crippen MR) is 167 cm³/mol. The zero-order valence-electron chi connectivity index (χ0n) is 23.4. The Hall–Kier alpha value is -4.87.